The van der Waals surface area contributed by atoms with Crippen LogP contribution in [0, 0.1) is 0 Å². The first-order chi connectivity index (χ1) is 6.83. The molecule has 7 nitrogen and oxygen atoms in total. The Balaban J connectivity index is 2.65. The van der Waals surface area contributed by atoms with Gasteiger partial charge < -0.3 is 15.1 Å². The second-order valence-electron chi connectivity index (χ2n) is 3.43. The molecule has 1 heterocycles. The Kier molecular flexibility index (Phi) is 3.53. The van der Waals surface area contributed by atoms with Crippen LogP contribution in [0.4, 0.5) is 4.79 Å². The van der Waals surface area contributed by atoms with Crippen LogP contribution in [0.2, 0.25) is 0 Å². The van der Waals surface area contributed by atoms with Gasteiger partial charge in [0.05, 0.1) is 31.6 Å². The van der Waals surface area contributed by atoms with Crippen molar-refractivity contribution in [3.05, 3.63) is 0 Å². The molecule has 88 valence electrons. The summed E-state index contributed by atoms with van der Waals surface area (Å²) in [7, 11) is -3.59. The van der Waals surface area contributed by atoms with E-state index in [1.54, 1.807) is 0 Å². The lowest BCUT2D eigenvalue weighted by atomic mass is 10.2. The second-order valence-corrected chi connectivity index (χ2v) is 5.03. The van der Waals surface area contributed by atoms with E-state index >= 15 is 0 Å². The topological polar surface area (TPSA) is 104 Å². The molecule has 1 saturated heterocycles. The molecule has 1 aliphatic rings. The van der Waals surface area contributed by atoms with Crippen molar-refractivity contribution in [2.45, 2.75) is 18.6 Å². The van der Waals surface area contributed by atoms with Gasteiger partial charge in [-0.05, 0) is 6.42 Å². The smallest absolute Gasteiger partial charge is 0.407 e. The lowest BCUT2D eigenvalue weighted by molar-refractivity contribution is 0.116. The fourth-order valence-electron chi connectivity index (χ4n) is 1.60. The van der Waals surface area contributed by atoms with Gasteiger partial charge in [0.1, 0.15) is 0 Å². The third-order valence-electron chi connectivity index (χ3n) is 2.14. The monoisotopic (exact) mass is 239 g/mol. The minimum absolute atomic E-state index is 0.0341. The maximum atomic E-state index is 10.8. The largest absolute Gasteiger partial charge is 0.465 e. The molecule has 0 spiro atoms. The molecule has 0 bridgehead atoms. The summed E-state index contributed by atoms with van der Waals surface area (Å²) in [5.41, 5.74) is 0. The SMILES string of the molecule is CS(=O)(=O)O[C@H]1C[C@@H](CO)N(C(=O)O)C1. The molecule has 0 radical (unpaired) electrons. The lowest BCUT2D eigenvalue weighted by Gasteiger charge is -2.18. The third-order valence-corrected chi connectivity index (χ3v) is 2.77. The van der Waals surface area contributed by atoms with E-state index in [2.05, 4.69) is 4.18 Å². The van der Waals surface area contributed by atoms with Crippen molar-refractivity contribution in [2.24, 2.45) is 0 Å². The highest BCUT2D eigenvalue weighted by Gasteiger charge is 2.36. The highest BCUT2D eigenvalue weighted by Crippen LogP contribution is 2.21. The van der Waals surface area contributed by atoms with Gasteiger partial charge in [-0.1, -0.05) is 0 Å². The van der Waals surface area contributed by atoms with Gasteiger partial charge in [-0.15, -0.1) is 0 Å². The average molecular weight is 239 g/mol. The Labute approximate surface area is 87.4 Å². The van der Waals surface area contributed by atoms with E-state index in [9.17, 15) is 13.2 Å². The summed E-state index contributed by atoms with van der Waals surface area (Å²) in [5.74, 6) is 0. The van der Waals surface area contributed by atoms with Crippen LogP contribution in [0.15, 0.2) is 0 Å². The molecule has 0 saturated carbocycles. The number of aliphatic hydroxyl groups excluding tert-OH is 1. The quantitative estimate of drug-likeness (QED) is 0.617. The highest BCUT2D eigenvalue weighted by atomic mass is 32.2. The van der Waals surface area contributed by atoms with Gasteiger partial charge in [-0.25, -0.2) is 4.79 Å². The van der Waals surface area contributed by atoms with Crippen molar-refractivity contribution in [2.75, 3.05) is 19.4 Å². The van der Waals surface area contributed by atoms with Crippen molar-refractivity contribution >= 4 is 16.2 Å². The molecule has 1 rings (SSSR count). The molecule has 1 fully saturated rings. The maximum absolute atomic E-state index is 10.8. The molecule has 0 aromatic carbocycles. The first-order valence-corrected chi connectivity index (χ1v) is 6.14. The number of nitrogens with zero attached hydrogens (tertiary/aromatic N) is 1. The standard InChI is InChI=1S/C7H13NO6S/c1-15(12,13)14-6-2-5(4-9)8(3-6)7(10)11/h5-6,9H,2-4H2,1H3,(H,10,11)/t5-,6-/m0/s1. The Morgan fingerprint density at radius 1 is 1.60 bits per heavy atom. The summed E-state index contributed by atoms with van der Waals surface area (Å²) >= 11 is 0. The van der Waals surface area contributed by atoms with E-state index in [0.29, 0.717) is 0 Å². The summed E-state index contributed by atoms with van der Waals surface area (Å²) in [5, 5.41) is 17.6. The van der Waals surface area contributed by atoms with Crippen LogP contribution >= 0.6 is 0 Å². The van der Waals surface area contributed by atoms with Crippen LogP contribution in [0.5, 0.6) is 0 Å². The predicted molar refractivity (Wildman–Crippen MR) is 49.9 cm³/mol. The van der Waals surface area contributed by atoms with E-state index in [-0.39, 0.29) is 19.6 Å². The van der Waals surface area contributed by atoms with Gasteiger partial charge in [-0.2, -0.15) is 8.42 Å². The van der Waals surface area contributed by atoms with Gasteiger partial charge in [0.25, 0.3) is 10.1 Å². The number of likely N-dealkylation sites (tertiary alicyclic amines) is 1. The van der Waals surface area contributed by atoms with E-state index < -0.39 is 28.4 Å². The summed E-state index contributed by atoms with van der Waals surface area (Å²) in [6, 6.07) is -0.589. The normalized spacial score (nSPS) is 26.9. The molecule has 0 unspecified atom stereocenters. The highest BCUT2D eigenvalue weighted by molar-refractivity contribution is 7.86. The van der Waals surface area contributed by atoms with Crippen LogP contribution in [0.25, 0.3) is 0 Å². The van der Waals surface area contributed by atoms with Gasteiger partial charge in [0.15, 0.2) is 0 Å². The van der Waals surface area contributed by atoms with E-state index in [1.807, 2.05) is 0 Å². The Hall–Kier alpha value is -0.860. The van der Waals surface area contributed by atoms with Crippen LogP contribution < -0.4 is 0 Å². The molecule has 15 heavy (non-hydrogen) atoms. The average Bonchev–Trinajstić information content (AvgIpc) is 2.44. The second kappa shape index (κ2) is 4.33. The zero-order chi connectivity index (χ0) is 11.6. The zero-order valence-corrected chi connectivity index (χ0v) is 8.98. The van der Waals surface area contributed by atoms with Crippen molar-refractivity contribution < 1.29 is 27.6 Å². The van der Waals surface area contributed by atoms with Crippen LogP contribution in [-0.2, 0) is 14.3 Å². The van der Waals surface area contributed by atoms with E-state index in [0.717, 1.165) is 11.2 Å². The summed E-state index contributed by atoms with van der Waals surface area (Å²) in [4.78, 5) is 11.7. The molecule has 2 atom stereocenters. The van der Waals surface area contributed by atoms with E-state index in [1.165, 1.54) is 0 Å². The Morgan fingerprint density at radius 2 is 2.20 bits per heavy atom. The number of aliphatic hydroxyl groups is 1. The Morgan fingerprint density at radius 3 is 2.53 bits per heavy atom. The summed E-state index contributed by atoms with van der Waals surface area (Å²) < 4.78 is 26.3. The molecule has 1 aliphatic heterocycles. The fraction of sp³-hybridized carbons (Fsp3) is 0.857. The first kappa shape index (κ1) is 12.2. The summed E-state index contributed by atoms with van der Waals surface area (Å²) in [6.45, 7) is -0.371. The number of hydrogen-bond acceptors (Lipinski definition) is 5. The van der Waals surface area contributed by atoms with Crippen molar-refractivity contribution in [3.8, 4) is 0 Å². The molecule has 1 amide bonds. The maximum Gasteiger partial charge on any atom is 0.407 e. The fourth-order valence-corrected chi connectivity index (χ4v) is 2.23. The van der Waals surface area contributed by atoms with Crippen molar-refractivity contribution in [1.29, 1.82) is 0 Å². The van der Waals surface area contributed by atoms with Gasteiger partial charge in [-0.3, -0.25) is 4.18 Å². The molecule has 0 aliphatic carbocycles. The van der Waals surface area contributed by atoms with Gasteiger partial charge in [0, 0.05) is 0 Å². The molecular formula is C7H13NO6S. The lowest BCUT2D eigenvalue weighted by Crippen LogP contribution is -2.36. The van der Waals surface area contributed by atoms with Crippen LogP contribution in [-0.4, -0.2) is 61.2 Å². The number of carbonyl (C=O) groups is 1. The predicted octanol–water partition coefficient (Wildman–Crippen LogP) is -0.924. The molecule has 2 N–H and O–H groups in total. The first-order valence-electron chi connectivity index (χ1n) is 4.32. The van der Waals surface area contributed by atoms with Crippen molar-refractivity contribution in [3.63, 3.8) is 0 Å². The zero-order valence-electron chi connectivity index (χ0n) is 8.16. The van der Waals surface area contributed by atoms with E-state index in [4.69, 9.17) is 10.2 Å². The van der Waals surface area contributed by atoms with Crippen LogP contribution in [0.1, 0.15) is 6.42 Å². The molecular weight excluding hydrogens is 226 g/mol. The molecule has 0 aromatic heterocycles. The van der Waals surface area contributed by atoms with Crippen molar-refractivity contribution in [1.82, 2.24) is 4.90 Å². The molecule has 0 aromatic rings. The number of amides is 1. The van der Waals surface area contributed by atoms with Crippen LogP contribution in [0.3, 0.4) is 0 Å². The molecule has 8 heteroatoms. The minimum atomic E-state index is -3.59. The van der Waals surface area contributed by atoms with Gasteiger partial charge >= 0.3 is 6.09 Å². The summed E-state index contributed by atoms with van der Waals surface area (Å²) in [6.07, 6.45) is -0.790. The minimum Gasteiger partial charge on any atom is -0.465 e. The Bertz CT molecular complexity index is 339. The van der Waals surface area contributed by atoms with Gasteiger partial charge in [0.2, 0.25) is 0 Å². The third kappa shape index (κ3) is 3.33. The number of rotatable bonds is 3. The number of hydrogen-bond donors (Lipinski definition) is 2. The number of carboxylic acid groups (broad SMARTS) is 1.